The average Bonchev–Trinajstić information content (AvgIpc) is 2.03. The zero-order valence-corrected chi connectivity index (χ0v) is 11.1. The monoisotopic (exact) mass is 265 g/mol. The van der Waals surface area contributed by atoms with E-state index in [0.29, 0.717) is 0 Å². The van der Waals surface area contributed by atoms with Crippen LogP contribution in [-0.4, -0.2) is 24.4 Å². The number of hydrogen-bond acceptors (Lipinski definition) is 2. The van der Waals surface area contributed by atoms with Crippen molar-refractivity contribution >= 4 is 24.4 Å². The average molecular weight is 266 g/mol. The van der Waals surface area contributed by atoms with Crippen LogP contribution in [0.1, 0.15) is 0 Å². The van der Waals surface area contributed by atoms with Gasteiger partial charge < -0.3 is 0 Å². The van der Waals surface area contributed by atoms with Crippen molar-refractivity contribution in [2.45, 2.75) is 26.2 Å². The number of amides is 2. The van der Waals surface area contributed by atoms with Gasteiger partial charge in [0.1, 0.15) is 0 Å². The summed E-state index contributed by atoms with van der Waals surface area (Å²) in [6.45, 7) is 4.57. The normalized spacial score (nSPS) is 33.8. The summed E-state index contributed by atoms with van der Waals surface area (Å²) < 4.78 is 5.99. The Labute approximate surface area is 81.0 Å². The van der Waals surface area contributed by atoms with Crippen molar-refractivity contribution in [3.05, 3.63) is 0 Å². The van der Waals surface area contributed by atoms with Crippen LogP contribution in [-0.2, 0) is 12.0 Å². The Morgan fingerprint density at radius 2 is 1.23 bits per heavy atom. The summed E-state index contributed by atoms with van der Waals surface area (Å²) in [5.74, 6) is 0. The van der Waals surface area contributed by atoms with Gasteiger partial charge in [0.15, 0.2) is 0 Å². The molecule has 0 bridgehead atoms. The van der Waals surface area contributed by atoms with Gasteiger partial charge in [0.2, 0.25) is 0 Å². The predicted molar refractivity (Wildman–Crippen MR) is 52.0 cm³/mol. The molecule has 2 saturated heterocycles. The van der Waals surface area contributed by atoms with Crippen LogP contribution in [0.2, 0.25) is 26.2 Å². The van der Waals surface area contributed by atoms with Crippen LogP contribution in [0.3, 0.4) is 0 Å². The molecule has 0 aromatic carbocycles. The Kier molecular flexibility index (Phi) is 1.53. The van der Waals surface area contributed by atoms with Gasteiger partial charge in [0.25, 0.3) is 0 Å². The van der Waals surface area contributed by atoms with Crippen LogP contribution in [0.4, 0.5) is 9.59 Å². The van der Waals surface area contributed by atoms with Crippen molar-refractivity contribution in [2.75, 3.05) is 0 Å². The zero-order chi connectivity index (χ0) is 10.1. The third kappa shape index (κ3) is 0.731. The molecule has 2 N–H and O–H groups in total. The van der Waals surface area contributed by atoms with Crippen molar-refractivity contribution in [2.24, 2.45) is 0 Å². The third-order valence-corrected chi connectivity index (χ3v) is 31.1. The molecule has 2 heterocycles. The van der Waals surface area contributed by atoms with Crippen molar-refractivity contribution in [1.29, 1.82) is 0 Å². The molecule has 0 atom stereocenters. The second kappa shape index (κ2) is 2.10. The van der Waals surface area contributed by atoms with E-state index in [1.165, 1.54) is 0 Å². The number of carbonyl (C=O) groups is 2. The van der Waals surface area contributed by atoms with Gasteiger partial charge in [-0.3, -0.25) is 0 Å². The number of hydrogen-bond donors (Lipinski definition) is 2. The first-order chi connectivity index (χ1) is 5.76. The van der Waals surface area contributed by atoms with Gasteiger partial charge in [-0.15, -0.1) is 0 Å². The minimum absolute atomic E-state index is 0.209. The first-order valence-electron chi connectivity index (χ1n) is 4.01. The van der Waals surface area contributed by atoms with E-state index < -0.39 is 25.4 Å². The second-order valence-electron chi connectivity index (χ2n) is 4.02. The molecule has 0 aromatic rings. The molecule has 79 valence electrons. The van der Waals surface area contributed by atoms with E-state index in [9.17, 15) is 9.59 Å². The van der Waals surface area contributed by atoms with Gasteiger partial charge in [-0.2, -0.15) is 0 Å². The maximum absolute atomic E-state index is 11.4. The fourth-order valence-corrected chi connectivity index (χ4v) is 31.1. The molecule has 0 radical (unpaired) electrons. The standard InChI is InChI=1S/2C3H8NOSi.Cu/c2*1-6(2)3(4)5;/h2*1-2H3,(H2,4,5);/q;;+2/p-2. The second-order valence-corrected chi connectivity index (χ2v) is 24.3. The van der Waals surface area contributed by atoms with Crippen LogP contribution in [0.25, 0.3) is 0 Å². The fraction of sp³-hybridized carbons (Fsp3) is 0.667. The molecule has 4 nitrogen and oxygen atoms in total. The first-order valence-corrected chi connectivity index (χ1v) is 13.4. The summed E-state index contributed by atoms with van der Waals surface area (Å²) >= 11 is -1.11. The topological polar surface area (TPSA) is 58.2 Å². The number of rotatable bonds is 0. The van der Waals surface area contributed by atoms with Gasteiger partial charge in [-0.25, -0.2) is 0 Å². The summed E-state index contributed by atoms with van der Waals surface area (Å²) in [7, 11) is 0. The van der Waals surface area contributed by atoms with Gasteiger partial charge in [0.05, 0.1) is 0 Å². The summed E-state index contributed by atoms with van der Waals surface area (Å²) in [5.41, 5.74) is 0.418. The van der Waals surface area contributed by atoms with Crippen LogP contribution in [0.5, 0.6) is 0 Å². The van der Waals surface area contributed by atoms with Crippen LogP contribution in [0, 0.1) is 0 Å². The van der Waals surface area contributed by atoms with E-state index in [0.717, 1.165) is 0 Å². The van der Waals surface area contributed by atoms with E-state index in [1.807, 2.05) is 0 Å². The Bertz CT molecular complexity index is 297. The molecule has 0 aromatic heterocycles. The summed E-state index contributed by atoms with van der Waals surface area (Å²) in [5, 5.41) is 0. The van der Waals surface area contributed by atoms with Gasteiger partial charge in [0, 0.05) is 0 Å². The predicted octanol–water partition coefficient (Wildman–Crippen LogP) is 0.990. The first kappa shape index (κ1) is 9.45. The minimum atomic E-state index is -1.84. The zero-order valence-electron chi connectivity index (χ0n) is 8.12. The number of carbonyl (C=O) groups excluding carboxylic acids is 2. The van der Waals surface area contributed by atoms with Gasteiger partial charge in [-0.1, -0.05) is 0 Å². The summed E-state index contributed by atoms with van der Waals surface area (Å²) in [6, 6.07) is 0. The molecule has 2 aliphatic rings. The molecule has 2 rings (SSSR count). The Morgan fingerprint density at radius 3 is 1.38 bits per heavy atom. The van der Waals surface area contributed by atoms with Crippen molar-refractivity contribution in [3.8, 4) is 0 Å². The van der Waals surface area contributed by atoms with Gasteiger partial charge >= 0.3 is 80.9 Å². The number of nitrogens with one attached hydrogen (secondary N) is 2. The van der Waals surface area contributed by atoms with E-state index in [1.54, 1.807) is 0 Å². The molecular formula is C6H14CuN2O2Si2. The quantitative estimate of drug-likeness (QED) is 0.642. The molecule has 0 saturated carbocycles. The molecule has 7 heteroatoms. The SMILES string of the molecule is C[Si]1(C)C(=O)[NH][Cu]12[NH]C(=O)[Si]2(C)C. The van der Waals surface area contributed by atoms with Crippen molar-refractivity contribution in [3.63, 3.8) is 0 Å². The molecule has 13 heavy (non-hydrogen) atoms. The Hall–Kier alpha value is -0.107. The summed E-state index contributed by atoms with van der Waals surface area (Å²) in [6.07, 6.45) is 0. The molecule has 2 fully saturated rings. The van der Waals surface area contributed by atoms with E-state index in [2.05, 4.69) is 34.9 Å². The third-order valence-electron chi connectivity index (χ3n) is 2.54. The van der Waals surface area contributed by atoms with Gasteiger partial charge in [-0.05, 0) is 0 Å². The molecular weight excluding hydrogens is 252 g/mol. The molecule has 0 aliphatic carbocycles. The van der Waals surface area contributed by atoms with Crippen LogP contribution >= 0.6 is 0 Å². The van der Waals surface area contributed by atoms with E-state index in [-0.39, 0.29) is 11.1 Å². The van der Waals surface area contributed by atoms with Crippen molar-refractivity contribution < 1.29 is 21.6 Å². The van der Waals surface area contributed by atoms with Crippen molar-refractivity contribution in [1.82, 2.24) is 8.67 Å². The molecule has 2 amide bonds. The Morgan fingerprint density at radius 1 is 0.923 bits per heavy atom. The Balaban J connectivity index is 2.38. The van der Waals surface area contributed by atoms with E-state index >= 15 is 0 Å². The van der Waals surface area contributed by atoms with Crippen LogP contribution < -0.4 is 8.67 Å². The molecule has 0 unspecified atom stereocenters. The summed E-state index contributed by atoms with van der Waals surface area (Å²) in [4.78, 5) is 22.8. The fourth-order valence-electron chi connectivity index (χ4n) is 1.39. The van der Waals surface area contributed by atoms with Crippen LogP contribution in [0.15, 0.2) is 0 Å². The van der Waals surface area contributed by atoms with E-state index in [4.69, 9.17) is 0 Å². The molecule has 1 spiro atoms. The maximum atomic E-state index is 11.4. The molecule has 2 aliphatic heterocycles.